The SMILES string of the molecule is C[Si](C)C.[C-]#[O+].[C-]#[O+].[C-]#[O+].[C-]#[O+].[C-]#[O+].[Mn]. The molecular formula is C8H9MnO5Si. The zero-order chi connectivity index (χ0) is 13.6. The van der Waals surface area contributed by atoms with E-state index < -0.39 is 0 Å². The fourth-order valence-electron chi connectivity index (χ4n) is 0. The molecule has 0 unspecified atom stereocenters. The molecule has 0 saturated heterocycles. The molecule has 0 aromatic carbocycles. The summed E-state index contributed by atoms with van der Waals surface area (Å²) in [6.45, 7) is 29.3. The van der Waals surface area contributed by atoms with E-state index in [0.717, 1.165) is 0 Å². The van der Waals surface area contributed by atoms with Crippen LogP contribution in [0.2, 0.25) is 19.6 Å². The molecule has 7 heteroatoms. The minimum absolute atomic E-state index is 0. The molecule has 0 aliphatic heterocycles. The van der Waals surface area contributed by atoms with E-state index in [1.165, 1.54) is 0 Å². The third-order valence-corrected chi connectivity index (χ3v) is 0. The molecule has 0 fully saturated rings. The monoisotopic (exact) mass is 268 g/mol. The molecule has 5 nitrogen and oxygen atoms in total. The van der Waals surface area contributed by atoms with Gasteiger partial charge < -0.3 is 0 Å². The summed E-state index contributed by atoms with van der Waals surface area (Å²) in [5.41, 5.74) is 0. The van der Waals surface area contributed by atoms with Gasteiger partial charge >= 0.3 is 56.5 Å². The Kier molecular flexibility index (Phi) is 1100. The number of hydrogen-bond donors (Lipinski definition) is 0. The van der Waals surface area contributed by atoms with Crippen molar-refractivity contribution in [2.75, 3.05) is 0 Å². The molecule has 0 heterocycles. The Bertz CT molecular complexity index is 110. The van der Waals surface area contributed by atoms with Crippen LogP contribution in [0.4, 0.5) is 0 Å². The van der Waals surface area contributed by atoms with Crippen molar-refractivity contribution >= 4 is 8.80 Å². The summed E-state index contributed by atoms with van der Waals surface area (Å²) < 4.78 is 37.5. The summed E-state index contributed by atoms with van der Waals surface area (Å²) in [6.07, 6.45) is 0. The first kappa shape index (κ1) is 47.1. The van der Waals surface area contributed by atoms with E-state index >= 15 is 0 Å². The van der Waals surface area contributed by atoms with E-state index in [0.29, 0.717) is 0 Å². The van der Waals surface area contributed by atoms with Crippen molar-refractivity contribution in [1.29, 1.82) is 0 Å². The largest absolute Gasteiger partial charge is 0 e. The van der Waals surface area contributed by atoms with Crippen LogP contribution in [-0.2, 0) is 40.3 Å². The van der Waals surface area contributed by atoms with Crippen molar-refractivity contribution in [3.63, 3.8) is 0 Å². The van der Waals surface area contributed by atoms with Gasteiger partial charge in [0.05, 0.1) is 0 Å². The van der Waals surface area contributed by atoms with E-state index in [-0.39, 0.29) is 25.9 Å². The van der Waals surface area contributed by atoms with Crippen molar-refractivity contribution in [2.24, 2.45) is 0 Å². The van der Waals surface area contributed by atoms with Gasteiger partial charge in [-0.1, -0.05) is 19.6 Å². The van der Waals surface area contributed by atoms with E-state index in [4.69, 9.17) is 23.3 Å². The third kappa shape index (κ3) is 5530. The zero-order valence-corrected chi connectivity index (χ0v) is 10.6. The van der Waals surface area contributed by atoms with E-state index in [1.54, 1.807) is 0 Å². The molecule has 0 atom stereocenters. The maximum atomic E-state index is 7.50. The fourth-order valence-corrected chi connectivity index (χ4v) is 0. The predicted octanol–water partition coefficient (Wildman–Crippen LogP) is 1.18. The molecule has 0 spiro atoms. The molecule has 0 aromatic heterocycles. The van der Waals surface area contributed by atoms with Crippen LogP contribution < -0.4 is 0 Å². The van der Waals surface area contributed by atoms with Crippen molar-refractivity contribution < 1.29 is 40.3 Å². The summed E-state index contributed by atoms with van der Waals surface area (Å²) in [6, 6.07) is 0. The van der Waals surface area contributed by atoms with Crippen molar-refractivity contribution in [2.45, 2.75) is 19.6 Å². The first-order valence-corrected chi connectivity index (χ1v) is 5.52. The summed E-state index contributed by atoms with van der Waals surface area (Å²) in [5.74, 6) is 0. The van der Waals surface area contributed by atoms with E-state index in [9.17, 15) is 0 Å². The topological polar surface area (TPSA) is 99.5 Å². The number of hydrogen-bond acceptors (Lipinski definition) is 0. The van der Waals surface area contributed by atoms with Gasteiger partial charge in [0, 0.05) is 25.9 Å². The van der Waals surface area contributed by atoms with Crippen LogP contribution in [0.25, 0.3) is 0 Å². The van der Waals surface area contributed by atoms with Gasteiger partial charge in [0.1, 0.15) is 0 Å². The molecule has 0 amide bonds. The average Bonchev–Trinajstić information content (AvgIpc) is 2.30. The van der Waals surface area contributed by atoms with Crippen LogP contribution in [0, 0.1) is 33.3 Å². The Morgan fingerprint density at radius 3 is 0.533 bits per heavy atom. The van der Waals surface area contributed by atoms with Gasteiger partial charge in [-0.2, -0.15) is 0 Å². The first-order valence-electron chi connectivity index (χ1n) is 2.52. The molecule has 0 rings (SSSR count). The van der Waals surface area contributed by atoms with Gasteiger partial charge in [0.15, 0.2) is 0 Å². The average molecular weight is 268 g/mol. The minimum atomic E-state index is 0. The smallest absolute Gasteiger partial charge is 0 e. The Morgan fingerprint density at radius 1 is 0.533 bits per heavy atom. The van der Waals surface area contributed by atoms with Crippen LogP contribution in [0.15, 0.2) is 0 Å². The minimum Gasteiger partial charge on any atom is 0 e. The summed E-state index contributed by atoms with van der Waals surface area (Å²) in [5, 5.41) is 0. The van der Waals surface area contributed by atoms with Gasteiger partial charge in [-0.25, -0.2) is 0 Å². The second-order valence-electron chi connectivity index (χ2n) is 1.50. The van der Waals surface area contributed by atoms with Crippen LogP contribution in [0.1, 0.15) is 0 Å². The number of rotatable bonds is 0. The Balaban J connectivity index is -0.0000000105. The second-order valence-corrected chi connectivity index (χ2v) is 4.50. The predicted molar refractivity (Wildman–Crippen MR) is 43.0 cm³/mol. The molecular weight excluding hydrogens is 259 g/mol. The molecule has 82 valence electrons. The molecule has 2 radical (unpaired) electrons. The van der Waals surface area contributed by atoms with Crippen LogP contribution in [0.5, 0.6) is 0 Å². The first-order chi connectivity index (χ1) is 6.73. The van der Waals surface area contributed by atoms with Crippen molar-refractivity contribution in [3.8, 4) is 0 Å². The van der Waals surface area contributed by atoms with Gasteiger partial charge in [-0.15, -0.1) is 0 Å². The molecule has 0 bridgehead atoms. The third-order valence-electron chi connectivity index (χ3n) is 0. The van der Waals surface area contributed by atoms with Crippen LogP contribution in [-0.4, -0.2) is 8.80 Å². The summed E-state index contributed by atoms with van der Waals surface area (Å²) in [4.78, 5) is 0. The Labute approximate surface area is 102 Å². The maximum Gasteiger partial charge on any atom is 0 e. The van der Waals surface area contributed by atoms with Gasteiger partial charge in [0.2, 0.25) is 0 Å². The summed E-state index contributed by atoms with van der Waals surface area (Å²) in [7, 11) is 0.120. The van der Waals surface area contributed by atoms with Gasteiger partial charge in [-0.3, -0.25) is 0 Å². The molecule has 0 N–H and O–H groups in total. The quantitative estimate of drug-likeness (QED) is 0.358. The van der Waals surface area contributed by atoms with Gasteiger partial charge in [-0.05, 0) is 0 Å². The molecule has 0 aliphatic rings. The molecule has 15 heavy (non-hydrogen) atoms. The molecule has 0 aliphatic carbocycles. The van der Waals surface area contributed by atoms with Gasteiger partial charge in [0.25, 0.3) is 0 Å². The maximum absolute atomic E-state index is 7.50. The summed E-state index contributed by atoms with van der Waals surface area (Å²) >= 11 is 0. The molecule has 0 saturated carbocycles. The van der Waals surface area contributed by atoms with E-state index in [2.05, 4.69) is 52.9 Å². The van der Waals surface area contributed by atoms with Crippen LogP contribution >= 0.6 is 0 Å². The standard InChI is InChI=1S/C3H9Si.5CO.Mn/c1-4(2)3;5*1-2;/h1-3H3;;;;;;. The van der Waals surface area contributed by atoms with Crippen molar-refractivity contribution in [3.05, 3.63) is 33.3 Å². The van der Waals surface area contributed by atoms with E-state index in [1.807, 2.05) is 0 Å². The van der Waals surface area contributed by atoms with Crippen molar-refractivity contribution in [1.82, 2.24) is 0 Å². The Morgan fingerprint density at radius 2 is 0.533 bits per heavy atom. The fraction of sp³-hybridized carbons (Fsp3) is 0.375. The Hall–Kier alpha value is -0.564. The molecule has 0 aromatic rings. The second kappa shape index (κ2) is 350. The normalized spacial score (nSPS) is 3.07. The zero-order valence-electron chi connectivity index (χ0n) is 8.42. The van der Waals surface area contributed by atoms with Crippen LogP contribution in [0.3, 0.4) is 0 Å².